The first kappa shape index (κ1) is 19.6. The molecule has 3 aromatic rings. The van der Waals surface area contributed by atoms with Gasteiger partial charge in [0.25, 0.3) is 11.5 Å². The number of alkyl halides is 3. The molecule has 0 saturated carbocycles. The Kier molecular flexibility index (Phi) is 5.22. The van der Waals surface area contributed by atoms with Crippen LogP contribution in [0.3, 0.4) is 0 Å². The van der Waals surface area contributed by atoms with E-state index in [-0.39, 0.29) is 17.9 Å². The van der Waals surface area contributed by atoms with Gasteiger partial charge in [-0.1, -0.05) is 24.3 Å². The number of H-pyrrole nitrogens is 1. The van der Waals surface area contributed by atoms with Crippen LogP contribution in [-0.2, 0) is 12.7 Å². The Balaban J connectivity index is 2.00. The smallest absolute Gasteiger partial charge is 0.329 e. The fourth-order valence-corrected chi connectivity index (χ4v) is 2.93. The highest BCUT2D eigenvalue weighted by molar-refractivity contribution is 5.96. The summed E-state index contributed by atoms with van der Waals surface area (Å²) in [4.78, 5) is 33.3. The first-order valence-corrected chi connectivity index (χ1v) is 8.63. The van der Waals surface area contributed by atoms with Gasteiger partial charge in [-0.15, -0.1) is 0 Å². The normalized spacial score (nSPS) is 11.8. The highest BCUT2D eigenvalue weighted by Gasteiger charge is 2.36. The van der Waals surface area contributed by atoms with E-state index >= 15 is 0 Å². The molecule has 5 nitrogen and oxygen atoms in total. The number of hydrogen-bond donors (Lipinski definition) is 1. The van der Waals surface area contributed by atoms with Crippen LogP contribution in [0.2, 0.25) is 0 Å². The van der Waals surface area contributed by atoms with Gasteiger partial charge in [0.1, 0.15) is 5.82 Å². The average molecular weight is 389 g/mol. The van der Waals surface area contributed by atoms with Gasteiger partial charge in [0.05, 0.1) is 28.6 Å². The van der Waals surface area contributed by atoms with Crippen molar-refractivity contribution < 1.29 is 18.0 Å². The molecule has 2 aromatic carbocycles. The van der Waals surface area contributed by atoms with Crippen LogP contribution in [0.5, 0.6) is 0 Å². The number of aromatic amines is 1. The fourth-order valence-electron chi connectivity index (χ4n) is 2.93. The van der Waals surface area contributed by atoms with Gasteiger partial charge in [-0.25, -0.2) is 4.98 Å². The van der Waals surface area contributed by atoms with E-state index in [0.29, 0.717) is 10.9 Å². The summed E-state index contributed by atoms with van der Waals surface area (Å²) in [5, 5.41) is 0.399. The highest BCUT2D eigenvalue weighted by Crippen LogP contribution is 2.32. The zero-order chi connectivity index (χ0) is 20.5. The van der Waals surface area contributed by atoms with E-state index in [1.54, 1.807) is 38.1 Å². The minimum Gasteiger partial charge on any atom is -0.329 e. The maximum atomic E-state index is 13.3. The number of amides is 1. The quantitative estimate of drug-likeness (QED) is 0.734. The minimum absolute atomic E-state index is 0.122. The molecule has 8 heteroatoms. The predicted molar refractivity (Wildman–Crippen MR) is 98.8 cm³/mol. The molecule has 0 unspecified atom stereocenters. The van der Waals surface area contributed by atoms with Gasteiger partial charge in [-0.05, 0) is 38.1 Å². The number of carbonyl (C=O) groups excluding carboxylic acids is 1. The van der Waals surface area contributed by atoms with Crippen molar-refractivity contribution in [1.82, 2.24) is 14.9 Å². The number of benzene rings is 2. The average Bonchev–Trinajstić information content (AvgIpc) is 2.65. The zero-order valence-corrected chi connectivity index (χ0v) is 15.2. The lowest BCUT2D eigenvalue weighted by atomic mass is 10.0. The summed E-state index contributed by atoms with van der Waals surface area (Å²) in [6.45, 7) is 3.25. The van der Waals surface area contributed by atoms with Crippen LogP contribution >= 0.6 is 0 Å². The third-order valence-corrected chi connectivity index (χ3v) is 4.33. The van der Waals surface area contributed by atoms with Crippen molar-refractivity contribution in [2.45, 2.75) is 32.6 Å². The molecule has 28 heavy (non-hydrogen) atoms. The summed E-state index contributed by atoms with van der Waals surface area (Å²) in [5.74, 6) is -0.575. The molecule has 1 amide bonds. The summed E-state index contributed by atoms with van der Waals surface area (Å²) < 4.78 is 39.9. The van der Waals surface area contributed by atoms with Gasteiger partial charge in [-0.2, -0.15) is 13.2 Å². The number of nitrogens with one attached hydrogen (secondary N) is 1. The predicted octanol–water partition coefficient (Wildman–Crippen LogP) is 3.99. The van der Waals surface area contributed by atoms with Crippen LogP contribution in [-0.4, -0.2) is 26.8 Å². The lowest BCUT2D eigenvalue weighted by Crippen LogP contribution is -2.38. The summed E-state index contributed by atoms with van der Waals surface area (Å²) in [7, 11) is 0. The van der Waals surface area contributed by atoms with E-state index in [4.69, 9.17) is 0 Å². The topological polar surface area (TPSA) is 66.1 Å². The van der Waals surface area contributed by atoms with Crippen molar-refractivity contribution in [3.63, 3.8) is 0 Å². The molecule has 0 aliphatic carbocycles. The lowest BCUT2D eigenvalue weighted by Gasteiger charge is -2.27. The Morgan fingerprint density at radius 1 is 1.11 bits per heavy atom. The second-order valence-electron chi connectivity index (χ2n) is 6.60. The van der Waals surface area contributed by atoms with Crippen molar-refractivity contribution >= 4 is 16.8 Å². The minimum atomic E-state index is -4.65. The molecule has 0 aliphatic heterocycles. The van der Waals surface area contributed by atoms with Crippen molar-refractivity contribution in [1.29, 1.82) is 0 Å². The van der Waals surface area contributed by atoms with E-state index in [2.05, 4.69) is 9.97 Å². The van der Waals surface area contributed by atoms with Crippen molar-refractivity contribution in [2.75, 3.05) is 0 Å². The van der Waals surface area contributed by atoms with Gasteiger partial charge in [-0.3, -0.25) is 9.59 Å². The molecule has 0 atom stereocenters. The number of carbonyl (C=O) groups is 1. The van der Waals surface area contributed by atoms with Gasteiger partial charge >= 0.3 is 6.18 Å². The van der Waals surface area contributed by atoms with E-state index in [1.165, 1.54) is 17.0 Å². The molecule has 0 saturated heterocycles. The Morgan fingerprint density at radius 3 is 2.43 bits per heavy atom. The van der Waals surface area contributed by atoms with Crippen LogP contribution < -0.4 is 5.56 Å². The zero-order valence-electron chi connectivity index (χ0n) is 15.2. The number of halogens is 3. The van der Waals surface area contributed by atoms with E-state index in [0.717, 1.165) is 12.1 Å². The van der Waals surface area contributed by atoms with E-state index < -0.39 is 29.3 Å². The standard InChI is InChI=1S/C20H18F3N3O2/c1-12(2)26(19(28)13-7-3-5-9-15(13)20(21,22)23)11-17-24-16-10-6-4-8-14(16)18(27)25-17/h3-10,12H,11H2,1-2H3,(H,24,25,27). The second-order valence-corrected chi connectivity index (χ2v) is 6.60. The number of para-hydroxylation sites is 1. The molecular weight excluding hydrogens is 371 g/mol. The number of aromatic nitrogens is 2. The highest BCUT2D eigenvalue weighted by atomic mass is 19.4. The number of fused-ring (bicyclic) bond motifs is 1. The monoisotopic (exact) mass is 389 g/mol. The summed E-state index contributed by atoms with van der Waals surface area (Å²) in [6.07, 6.45) is -4.65. The molecule has 1 heterocycles. The first-order valence-electron chi connectivity index (χ1n) is 8.63. The number of nitrogens with zero attached hydrogens (tertiary/aromatic N) is 2. The van der Waals surface area contributed by atoms with E-state index in [9.17, 15) is 22.8 Å². The Labute approximate surface area is 158 Å². The van der Waals surface area contributed by atoms with Crippen LogP contribution in [0.1, 0.15) is 35.6 Å². The molecule has 146 valence electrons. The Bertz CT molecular complexity index is 1070. The first-order chi connectivity index (χ1) is 13.2. The molecule has 1 N–H and O–H groups in total. The van der Waals surface area contributed by atoms with Gasteiger partial charge in [0.2, 0.25) is 0 Å². The van der Waals surface area contributed by atoms with Crippen LogP contribution in [0.15, 0.2) is 53.3 Å². The molecule has 0 fully saturated rings. The fraction of sp³-hybridized carbons (Fsp3) is 0.250. The third kappa shape index (κ3) is 3.90. The molecule has 0 aliphatic rings. The van der Waals surface area contributed by atoms with Crippen LogP contribution in [0, 0.1) is 0 Å². The summed E-state index contributed by atoms with van der Waals surface area (Å²) in [6, 6.07) is 11.0. The van der Waals surface area contributed by atoms with Crippen LogP contribution in [0.4, 0.5) is 13.2 Å². The number of hydrogen-bond acceptors (Lipinski definition) is 3. The maximum Gasteiger partial charge on any atom is 0.417 e. The van der Waals surface area contributed by atoms with Gasteiger partial charge < -0.3 is 9.88 Å². The maximum absolute atomic E-state index is 13.3. The van der Waals surface area contributed by atoms with Gasteiger partial charge in [0, 0.05) is 6.04 Å². The van der Waals surface area contributed by atoms with E-state index in [1.807, 2.05) is 0 Å². The van der Waals surface area contributed by atoms with Crippen molar-refractivity contribution in [2.24, 2.45) is 0 Å². The van der Waals surface area contributed by atoms with Crippen LogP contribution in [0.25, 0.3) is 10.9 Å². The molecule has 0 radical (unpaired) electrons. The molecular formula is C20H18F3N3O2. The molecule has 3 rings (SSSR count). The van der Waals surface area contributed by atoms with Crippen molar-refractivity contribution in [3.8, 4) is 0 Å². The summed E-state index contributed by atoms with van der Waals surface area (Å²) in [5.41, 5.74) is -1.35. The summed E-state index contributed by atoms with van der Waals surface area (Å²) >= 11 is 0. The molecule has 1 aromatic heterocycles. The third-order valence-electron chi connectivity index (χ3n) is 4.33. The molecule has 0 spiro atoms. The largest absolute Gasteiger partial charge is 0.417 e. The Morgan fingerprint density at radius 2 is 1.75 bits per heavy atom. The van der Waals surface area contributed by atoms with Gasteiger partial charge in [0.15, 0.2) is 0 Å². The second kappa shape index (κ2) is 7.46. The van der Waals surface area contributed by atoms with Crippen molar-refractivity contribution in [3.05, 3.63) is 75.8 Å². The lowest BCUT2D eigenvalue weighted by molar-refractivity contribution is -0.138. The number of rotatable bonds is 4. The SMILES string of the molecule is CC(C)N(Cc1nc2ccccc2c(=O)[nH]1)C(=O)c1ccccc1C(F)(F)F. The molecule has 0 bridgehead atoms. The Hall–Kier alpha value is -3.16.